The lowest BCUT2D eigenvalue weighted by molar-refractivity contribution is -0.132. The number of ether oxygens (including phenoxy) is 2. The van der Waals surface area contributed by atoms with E-state index in [9.17, 15) is 19.8 Å². The molecule has 3 aromatic carbocycles. The lowest BCUT2D eigenvalue weighted by Crippen LogP contribution is -2.29. The fourth-order valence-electron chi connectivity index (χ4n) is 4.00. The van der Waals surface area contributed by atoms with Crippen LogP contribution in [0.25, 0.3) is 5.76 Å². The number of para-hydroxylation sites is 1. The number of methoxy groups -OCH3 is 2. The third kappa shape index (κ3) is 4.27. The number of aromatic hydroxyl groups is 1. The molecule has 1 heterocycles. The number of anilines is 1. The number of nitrogens with zero attached hydrogens (tertiary/aromatic N) is 1. The van der Waals surface area contributed by atoms with Gasteiger partial charge in [-0.1, -0.05) is 53.0 Å². The van der Waals surface area contributed by atoms with Gasteiger partial charge in [0.15, 0.2) is 11.5 Å². The second kappa shape index (κ2) is 9.70. The molecule has 0 spiro atoms. The Kier molecular flexibility index (Phi) is 6.85. The molecule has 2 N–H and O–H groups in total. The Bertz CT molecular complexity index is 1370. The maximum Gasteiger partial charge on any atom is 0.300 e. The van der Waals surface area contributed by atoms with Crippen LogP contribution < -0.4 is 14.4 Å². The minimum Gasteiger partial charge on any atom is -0.507 e. The van der Waals surface area contributed by atoms with Gasteiger partial charge in [-0.2, -0.15) is 0 Å². The van der Waals surface area contributed by atoms with Gasteiger partial charge in [0.05, 0.1) is 41.4 Å². The van der Waals surface area contributed by atoms with Crippen LogP contribution >= 0.6 is 34.8 Å². The van der Waals surface area contributed by atoms with Crippen LogP contribution in [-0.4, -0.2) is 36.1 Å². The van der Waals surface area contributed by atoms with Crippen molar-refractivity contribution >= 4 is 57.9 Å². The number of carbonyl (C=O) groups is 2. The molecule has 0 bridgehead atoms. The number of aliphatic hydroxyl groups excluding tert-OH is 1. The summed E-state index contributed by atoms with van der Waals surface area (Å²) in [5.74, 6) is -2.58. The average molecular weight is 535 g/mol. The number of carbonyl (C=O) groups excluding carboxylic acids is 2. The summed E-state index contributed by atoms with van der Waals surface area (Å²) in [6.45, 7) is 0. The van der Waals surface area contributed by atoms with Gasteiger partial charge in [0.2, 0.25) is 0 Å². The van der Waals surface area contributed by atoms with Crippen molar-refractivity contribution in [3.8, 4) is 17.2 Å². The number of aliphatic hydroxyl groups is 1. The SMILES string of the molecule is COc1cc(C2/C(=C(\O)c3cc(Cl)cc(Cl)c3OC)C(=O)C(=O)N2c2ccccc2)cc(Cl)c1O. The molecule has 1 atom stereocenters. The van der Waals surface area contributed by atoms with E-state index in [-0.39, 0.29) is 43.5 Å². The number of amides is 1. The molecule has 0 aromatic heterocycles. The van der Waals surface area contributed by atoms with Crippen molar-refractivity contribution in [1.29, 1.82) is 0 Å². The second-order valence-corrected chi connectivity index (χ2v) is 8.78. The van der Waals surface area contributed by atoms with Gasteiger partial charge in [-0.3, -0.25) is 14.5 Å². The lowest BCUT2D eigenvalue weighted by atomic mass is 9.94. The van der Waals surface area contributed by atoms with Crippen LogP contribution in [0.2, 0.25) is 15.1 Å². The standard InChI is InChI=1S/C25H18Cl3NO6/c1-34-18-9-12(8-16(27)22(18)31)20-19(21(30)15-10-13(26)11-17(28)24(15)35-2)23(32)25(33)29(20)14-6-4-3-5-7-14/h3-11,20,30-31H,1-2H3/b21-19+. The van der Waals surface area contributed by atoms with E-state index in [1.54, 1.807) is 30.3 Å². The van der Waals surface area contributed by atoms with Crippen molar-refractivity contribution in [3.63, 3.8) is 0 Å². The van der Waals surface area contributed by atoms with Gasteiger partial charge in [0, 0.05) is 10.7 Å². The molecule has 10 heteroatoms. The van der Waals surface area contributed by atoms with E-state index in [2.05, 4.69) is 0 Å². The fourth-order valence-corrected chi connectivity index (χ4v) is 4.79. The first kappa shape index (κ1) is 24.7. The summed E-state index contributed by atoms with van der Waals surface area (Å²) in [6, 6.07) is 12.9. The molecule has 7 nitrogen and oxygen atoms in total. The molecule has 1 aliphatic rings. The number of hydrogen-bond donors (Lipinski definition) is 2. The highest BCUT2D eigenvalue weighted by atomic mass is 35.5. The fraction of sp³-hybridized carbons (Fsp3) is 0.120. The number of hydrogen-bond acceptors (Lipinski definition) is 6. The first-order valence-corrected chi connectivity index (χ1v) is 11.3. The quantitative estimate of drug-likeness (QED) is 0.237. The van der Waals surface area contributed by atoms with Crippen molar-refractivity contribution in [2.75, 3.05) is 19.1 Å². The van der Waals surface area contributed by atoms with Crippen LogP contribution in [0.5, 0.6) is 17.2 Å². The Morgan fingerprint density at radius 1 is 0.943 bits per heavy atom. The van der Waals surface area contributed by atoms with E-state index in [1.807, 2.05) is 0 Å². The van der Waals surface area contributed by atoms with Crippen LogP contribution in [0.15, 0.2) is 60.2 Å². The molecular formula is C25H18Cl3NO6. The molecule has 180 valence electrons. The third-order valence-electron chi connectivity index (χ3n) is 5.53. The first-order chi connectivity index (χ1) is 16.7. The Balaban J connectivity index is 2.06. The summed E-state index contributed by atoms with van der Waals surface area (Å²) < 4.78 is 10.5. The summed E-state index contributed by atoms with van der Waals surface area (Å²) in [4.78, 5) is 27.8. The van der Waals surface area contributed by atoms with Gasteiger partial charge in [0.1, 0.15) is 11.5 Å². The number of phenolic OH excluding ortho intramolecular Hbond substituents is 1. The van der Waals surface area contributed by atoms with Gasteiger partial charge in [-0.25, -0.2) is 0 Å². The van der Waals surface area contributed by atoms with Crippen molar-refractivity contribution in [2.45, 2.75) is 6.04 Å². The minimum absolute atomic E-state index is 0.0227. The van der Waals surface area contributed by atoms with E-state index in [4.69, 9.17) is 44.3 Å². The zero-order valence-corrected chi connectivity index (χ0v) is 20.6. The van der Waals surface area contributed by atoms with Crippen molar-refractivity contribution in [3.05, 3.63) is 86.4 Å². The number of ketones is 1. The van der Waals surface area contributed by atoms with Crippen molar-refractivity contribution in [1.82, 2.24) is 0 Å². The van der Waals surface area contributed by atoms with Crippen LogP contribution in [-0.2, 0) is 9.59 Å². The van der Waals surface area contributed by atoms with E-state index in [0.29, 0.717) is 11.3 Å². The first-order valence-electron chi connectivity index (χ1n) is 10.2. The summed E-state index contributed by atoms with van der Waals surface area (Å²) >= 11 is 18.6. The molecule has 1 fully saturated rings. The van der Waals surface area contributed by atoms with Crippen LogP contribution in [0, 0.1) is 0 Å². The van der Waals surface area contributed by atoms with Gasteiger partial charge >= 0.3 is 0 Å². The maximum atomic E-state index is 13.3. The number of benzene rings is 3. The second-order valence-electron chi connectivity index (χ2n) is 7.53. The van der Waals surface area contributed by atoms with Crippen LogP contribution in [0.3, 0.4) is 0 Å². The molecule has 0 radical (unpaired) electrons. The van der Waals surface area contributed by atoms with E-state index >= 15 is 0 Å². The van der Waals surface area contributed by atoms with Crippen molar-refractivity contribution < 1.29 is 29.3 Å². The van der Waals surface area contributed by atoms with Crippen LogP contribution in [0.1, 0.15) is 17.2 Å². The molecule has 35 heavy (non-hydrogen) atoms. The zero-order valence-electron chi connectivity index (χ0n) is 18.4. The highest BCUT2D eigenvalue weighted by Gasteiger charge is 2.47. The average Bonchev–Trinajstić information content (AvgIpc) is 3.10. The lowest BCUT2D eigenvalue weighted by Gasteiger charge is -2.26. The third-order valence-corrected chi connectivity index (χ3v) is 6.32. The molecule has 1 amide bonds. The molecule has 3 aromatic rings. The smallest absolute Gasteiger partial charge is 0.300 e. The van der Waals surface area contributed by atoms with E-state index in [0.717, 1.165) is 0 Å². The number of phenols is 1. The topological polar surface area (TPSA) is 96.3 Å². The minimum atomic E-state index is -1.13. The maximum absolute atomic E-state index is 13.3. The van der Waals surface area contributed by atoms with Gasteiger partial charge < -0.3 is 19.7 Å². The molecule has 0 aliphatic carbocycles. The predicted molar refractivity (Wildman–Crippen MR) is 134 cm³/mol. The molecule has 0 saturated carbocycles. The highest BCUT2D eigenvalue weighted by Crippen LogP contribution is 2.47. The van der Waals surface area contributed by atoms with E-state index < -0.39 is 23.5 Å². The molecule has 1 aliphatic heterocycles. The number of rotatable bonds is 5. The Hall–Kier alpha value is -3.39. The molecule has 4 rings (SSSR count). The monoisotopic (exact) mass is 533 g/mol. The summed E-state index contributed by atoms with van der Waals surface area (Å²) in [7, 11) is 2.68. The largest absolute Gasteiger partial charge is 0.507 e. The van der Waals surface area contributed by atoms with Gasteiger partial charge in [0.25, 0.3) is 11.7 Å². The predicted octanol–water partition coefficient (Wildman–Crippen LogP) is 6.00. The van der Waals surface area contributed by atoms with Crippen molar-refractivity contribution in [2.24, 2.45) is 0 Å². The normalized spacial score (nSPS) is 17.1. The Morgan fingerprint density at radius 3 is 2.26 bits per heavy atom. The summed E-state index contributed by atoms with van der Waals surface area (Å²) in [5, 5.41) is 21.8. The molecular weight excluding hydrogens is 517 g/mol. The van der Waals surface area contributed by atoms with Crippen LogP contribution in [0.4, 0.5) is 5.69 Å². The van der Waals surface area contributed by atoms with E-state index in [1.165, 1.54) is 43.4 Å². The summed E-state index contributed by atoms with van der Waals surface area (Å²) in [6.07, 6.45) is 0. The Labute approximate surface area is 215 Å². The molecule has 1 saturated heterocycles. The number of Topliss-reactive ketones (excluding diaryl/α,β-unsaturated/α-hetero) is 1. The summed E-state index contributed by atoms with van der Waals surface area (Å²) in [5.41, 5.74) is 0.483. The Morgan fingerprint density at radius 2 is 1.63 bits per heavy atom. The number of halogens is 3. The zero-order chi connectivity index (χ0) is 25.4. The van der Waals surface area contributed by atoms with Gasteiger partial charge in [-0.15, -0.1) is 0 Å². The molecule has 1 unspecified atom stereocenters. The van der Waals surface area contributed by atoms with Gasteiger partial charge in [-0.05, 0) is 42.0 Å². The highest BCUT2D eigenvalue weighted by molar-refractivity contribution is 6.52.